The molecule has 3 atom stereocenters. The summed E-state index contributed by atoms with van der Waals surface area (Å²) >= 11 is 0. The number of aliphatic hydroxyl groups excluding tert-OH is 1. The number of β-amino-alcohol motifs (C(OH)–C–C–N with tert-alkyl or cyclic N) is 1. The summed E-state index contributed by atoms with van der Waals surface area (Å²) in [6.45, 7) is 9.04. The zero-order valence-electron chi connectivity index (χ0n) is 14.7. The van der Waals surface area contributed by atoms with Crippen LogP contribution in [0.3, 0.4) is 0 Å². The van der Waals surface area contributed by atoms with Gasteiger partial charge in [0.05, 0.1) is 25.4 Å². The van der Waals surface area contributed by atoms with Crippen LogP contribution >= 0.6 is 0 Å². The Morgan fingerprint density at radius 2 is 2.17 bits per heavy atom. The van der Waals surface area contributed by atoms with E-state index in [0.29, 0.717) is 25.7 Å². The molecular weight excluding hydrogens is 302 g/mol. The van der Waals surface area contributed by atoms with Gasteiger partial charge in [-0.05, 0) is 38.0 Å². The standard InChI is InChI=1S/C19H27N3O2/c1-14-5-6-15(2)18(9-14)19-12-21(16(3)13-24-19)10-17(23)11-22-8-4-7-20-22/h4-9,16-17,19,23H,10-13H2,1-3H3/t16-,17-,19+/m1/s1. The first kappa shape index (κ1) is 17.1. The van der Waals surface area contributed by atoms with Crippen molar-refractivity contribution in [2.45, 2.75) is 45.6 Å². The van der Waals surface area contributed by atoms with Gasteiger partial charge in [0.15, 0.2) is 0 Å². The first-order valence-corrected chi connectivity index (χ1v) is 8.61. The van der Waals surface area contributed by atoms with Crippen LogP contribution in [0.4, 0.5) is 0 Å². The van der Waals surface area contributed by atoms with Gasteiger partial charge in [-0.15, -0.1) is 0 Å². The molecule has 2 heterocycles. The Morgan fingerprint density at radius 1 is 1.33 bits per heavy atom. The van der Waals surface area contributed by atoms with E-state index in [2.05, 4.69) is 49.0 Å². The molecule has 1 N–H and O–H groups in total. The van der Waals surface area contributed by atoms with E-state index in [1.54, 1.807) is 10.9 Å². The molecule has 1 fully saturated rings. The molecule has 1 aromatic carbocycles. The molecule has 1 saturated heterocycles. The number of morpholine rings is 1. The summed E-state index contributed by atoms with van der Waals surface area (Å²) in [4.78, 5) is 2.32. The normalized spacial score (nSPS) is 23.3. The third kappa shape index (κ3) is 4.04. The van der Waals surface area contributed by atoms with Crippen LogP contribution in [0.15, 0.2) is 36.7 Å². The average molecular weight is 329 g/mol. The van der Waals surface area contributed by atoms with Crippen LogP contribution in [0, 0.1) is 13.8 Å². The summed E-state index contributed by atoms with van der Waals surface area (Å²) in [7, 11) is 0. The molecule has 0 radical (unpaired) electrons. The molecule has 0 bridgehead atoms. The summed E-state index contributed by atoms with van der Waals surface area (Å²) in [5, 5.41) is 14.6. The summed E-state index contributed by atoms with van der Waals surface area (Å²) in [6.07, 6.45) is 3.24. The predicted molar refractivity (Wildman–Crippen MR) is 93.9 cm³/mol. The van der Waals surface area contributed by atoms with Crippen molar-refractivity contribution >= 4 is 0 Å². The van der Waals surface area contributed by atoms with E-state index in [0.717, 1.165) is 6.54 Å². The topological polar surface area (TPSA) is 50.5 Å². The predicted octanol–water partition coefficient (Wildman–Crippen LogP) is 2.32. The molecule has 130 valence electrons. The Kier molecular flexibility index (Phi) is 5.33. The molecule has 1 aliphatic heterocycles. The van der Waals surface area contributed by atoms with Gasteiger partial charge >= 0.3 is 0 Å². The molecule has 5 nitrogen and oxygen atoms in total. The molecule has 2 aromatic rings. The minimum atomic E-state index is -0.440. The van der Waals surface area contributed by atoms with Crippen LogP contribution in [0.1, 0.15) is 29.7 Å². The van der Waals surface area contributed by atoms with Crippen molar-refractivity contribution in [3.05, 3.63) is 53.3 Å². The number of hydrogen-bond donors (Lipinski definition) is 1. The van der Waals surface area contributed by atoms with Gasteiger partial charge in [-0.25, -0.2) is 0 Å². The number of aryl methyl sites for hydroxylation is 2. The lowest BCUT2D eigenvalue weighted by atomic mass is 9.98. The van der Waals surface area contributed by atoms with Gasteiger partial charge < -0.3 is 9.84 Å². The molecule has 1 aromatic heterocycles. The maximum atomic E-state index is 10.4. The Bertz CT molecular complexity index is 657. The zero-order chi connectivity index (χ0) is 17.1. The lowest BCUT2D eigenvalue weighted by Gasteiger charge is -2.39. The minimum absolute atomic E-state index is 0.0676. The quantitative estimate of drug-likeness (QED) is 0.915. The van der Waals surface area contributed by atoms with Gasteiger partial charge in [0.1, 0.15) is 0 Å². The van der Waals surface area contributed by atoms with Crippen LogP contribution in [-0.2, 0) is 11.3 Å². The lowest BCUT2D eigenvalue weighted by molar-refractivity contribution is -0.0728. The molecular formula is C19H27N3O2. The summed E-state index contributed by atoms with van der Waals surface area (Å²) in [5.41, 5.74) is 3.77. The van der Waals surface area contributed by atoms with Gasteiger partial charge in [0.2, 0.25) is 0 Å². The van der Waals surface area contributed by atoms with Crippen molar-refractivity contribution in [3.8, 4) is 0 Å². The van der Waals surface area contributed by atoms with Gasteiger partial charge in [-0.2, -0.15) is 5.10 Å². The smallest absolute Gasteiger partial charge is 0.0955 e. The molecule has 5 heteroatoms. The molecule has 24 heavy (non-hydrogen) atoms. The minimum Gasteiger partial charge on any atom is -0.390 e. The van der Waals surface area contributed by atoms with Gasteiger partial charge in [-0.1, -0.05) is 23.8 Å². The largest absolute Gasteiger partial charge is 0.390 e. The molecule has 0 amide bonds. The fourth-order valence-electron chi connectivity index (χ4n) is 3.31. The van der Waals surface area contributed by atoms with Crippen LogP contribution in [-0.4, -0.2) is 51.6 Å². The highest BCUT2D eigenvalue weighted by molar-refractivity contribution is 5.32. The Hall–Kier alpha value is -1.69. The van der Waals surface area contributed by atoms with Crippen molar-refractivity contribution in [1.29, 1.82) is 0 Å². The van der Waals surface area contributed by atoms with Crippen molar-refractivity contribution < 1.29 is 9.84 Å². The first-order valence-electron chi connectivity index (χ1n) is 8.61. The maximum Gasteiger partial charge on any atom is 0.0955 e. The fraction of sp³-hybridized carbons (Fsp3) is 0.526. The van der Waals surface area contributed by atoms with Gasteiger partial charge in [0, 0.05) is 31.5 Å². The molecule has 0 spiro atoms. The molecule has 3 rings (SSSR count). The first-order chi connectivity index (χ1) is 11.5. The highest BCUT2D eigenvalue weighted by atomic mass is 16.5. The highest BCUT2D eigenvalue weighted by Gasteiger charge is 2.29. The highest BCUT2D eigenvalue weighted by Crippen LogP contribution is 2.28. The van der Waals surface area contributed by atoms with Crippen molar-refractivity contribution in [2.75, 3.05) is 19.7 Å². The van der Waals surface area contributed by atoms with Crippen molar-refractivity contribution in [3.63, 3.8) is 0 Å². The number of aromatic nitrogens is 2. The monoisotopic (exact) mass is 329 g/mol. The van der Waals surface area contributed by atoms with Gasteiger partial charge in [-0.3, -0.25) is 9.58 Å². The molecule has 0 unspecified atom stereocenters. The Morgan fingerprint density at radius 3 is 2.92 bits per heavy atom. The van der Waals surface area contributed by atoms with Crippen molar-refractivity contribution in [2.24, 2.45) is 0 Å². The SMILES string of the molecule is Cc1ccc(C)c([C@@H]2CN(C[C@@H](O)Cn3cccn3)[C@H](C)CO2)c1. The van der Waals surface area contributed by atoms with Gasteiger partial charge in [0.25, 0.3) is 0 Å². The van der Waals surface area contributed by atoms with Crippen molar-refractivity contribution in [1.82, 2.24) is 14.7 Å². The fourth-order valence-corrected chi connectivity index (χ4v) is 3.31. The molecule has 1 aliphatic rings. The van der Waals surface area contributed by atoms with E-state index in [-0.39, 0.29) is 6.10 Å². The number of ether oxygens (including phenoxy) is 1. The van der Waals surface area contributed by atoms with Crippen LogP contribution in [0.2, 0.25) is 0 Å². The second-order valence-electron chi connectivity index (χ2n) is 6.87. The number of rotatable bonds is 5. The average Bonchev–Trinajstić information content (AvgIpc) is 3.05. The third-order valence-electron chi connectivity index (χ3n) is 4.75. The summed E-state index contributed by atoms with van der Waals surface area (Å²) in [5.74, 6) is 0. The van der Waals surface area contributed by atoms with E-state index in [9.17, 15) is 5.11 Å². The summed E-state index contributed by atoms with van der Waals surface area (Å²) in [6, 6.07) is 8.69. The second kappa shape index (κ2) is 7.47. The van der Waals surface area contributed by atoms with Crippen LogP contribution < -0.4 is 0 Å². The maximum absolute atomic E-state index is 10.4. The Balaban J connectivity index is 1.65. The molecule has 0 aliphatic carbocycles. The number of aliphatic hydroxyl groups is 1. The van der Waals surface area contributed by atoms with E-state index in [1.807, 2.05) is 12.3 Å². The molecule has 0 saturated carbocycles. The van der Waals surface area contributed by atoms with E-state index < -0.39 is 6.10 Å². The Labute approximate surface area is 143 Å². The third-order valence-corrected chi connectivity index (χ3v) is 4.75. The van der Waals surface area contributed by atoms with E-state index in [1.165, 1.54) is 16.7 Å². The lowest BCUT2D eigenvalue weighted by Crippen LogP contribution is -2.48. The number of hydrogen-bond acceptors (Lipinski definition) is 4. The second-order valence-corrected chi connectivity index (χ2v) is 6.87. The number of benzene rings is 1. The zero-order valence-corrected chi connectivity index (χ0v) is 14.7. The van der Waals surface area contributed by atoms with E-state index >= 15 is 0 Å². The van der Waals surface area contributed by atoms with Crippen LogP contribution in [0.25, 0.3) is 0 Å². The summed E-state index contributed by atoms with van der Waals surface area (Å²) < 4.78 is 7.86. The number of nitrogens with zero attached hydrogens (tertiary/aromatic N) is 3. The van der Waals surface area contributed by atoms with E-state index in [4.69, 9.17) is 4.74 Å². The van der Waals surface area contributed by atoms with Crippen LogP contribution in [0.5, 0.6) is 0 Å².